The standard InChI is InChI=1S/C16H29N5OS/c1-12(2)15-11-21(6-7-23-15)16(22)17-9-14(19(3)4)13-8-18-20(5)10-13/h8,10,12,14-15H,6-7,9,11H2,1-5H3,(H,17,22)/t14-,15+/m1/s1. The maximum atomic E-state index is 12.5. The predicted molar refractivity (Wildman–Crippen MR) is 95.7 cm³/mol. The number of amides is 2. The summed E-state index contributed by atoms with van der Waals surface area (Å²) in [6, 6.07) is 0.180. The number of nitrogens with one attached hydrogen (secondary N) is 1. The zero-order valence-corrected chi connectivity index (χ0v) is 15.6. The van der Waals surface area contributed by atoms with Crippen LogP contribution in [-0.4, -0.2) is 70.3 Å². The van der Waals surface area contributed by atoms with E-state index in [0.717, 1.165) is 24.4 Å². The fraction of sp³-hybridized carbons (Fsp3) is 0.750. The van der Waals surface area contributed by atoms with Crippen LogP contribution in [0.25, 0.3) is 0 Å². The number of likely N-dealkylation sites (N-methyl/N-ethyl adjacent to an activating group) is 1. The Morgan fingerprint density at radius 2 is 2.26 bits per heavy atom. The molecule has 7 heteroatoms. The average Bonchev–Trinajstić information content (AvgIpc) is 2.93. The Hall–Kier alpha value is -1.21. The first kappa shape index (κ1) is 18.1. The van der Waals surface area contributed by atoms with Gasteiger partial charge in [0.05, 0.1) is 12.2 Å². The normalized spacial score (nSPS) is 20.1. The van der Waals surface area contributed by atoms with E-state index in [9.17, 15) is 4.79 Å². The van der Waals surface area contributed by atoms with Crippen LogP contribution in [0.15, 0.2) is 12.4 Å². The lowest BCUT2D eigenvalue weighted by Gasteiger charge is -2.35. The molecule has 1 aliphatic heterocycles. The van der Waals surface area contributed by atoms with E-state index in [0.29, 0.717) is 17.7 Å². The number of aromatic nitrogens is 2. The monoisotopic (exact) mass is 339 g/mol. The van der Waals surface area contributed by atoms with Crippen LogP contribution in [0, 0.1) is 5.92 Å². The topological polar surface area (TPSA) is 53.4 Å². The highest BCUT2D eigenvalue weighted by atomic mass is 32.2. The average molecular weight is 340 g/mol. The van der Waals surface area contributed by atoms with Gasteiger partial charge in [-0.05, 0) is 20.0 Å². The Balaban J connectivity index is 1.91. The van der Waals surface area contributed by atoms with Crippen LogP contribution < -0.4 is 5.32 Å². The van der Waals surface area contributed by atoms with Gasteiger partial charge in [0.2, 0.25) is 0 Å². The molecule has 2 rings (SSSR count). The van der Waals surface area contributed by atoms with Gasteiger partial charge in [0.1, 0.15) is 0 Å². The second-order valence-corrected chi connectivity index (χ2v) is 8.06. The van der Waals surface area contributed by atoms with Gasteiger partial charge in [0.15, 0.2) is 0 Å². The molecular weight excluding hydrogens is 310 g/mol. The van der Waals surface area contributed by atoms with E-state index < -0.39 is 0 Å². The Morgan fingerprint density at radius 1 is 1.52 bits per heavy atom. The fourth-order valence-corrected chi connectivity index (χ4v) is 4.07. The minimum Gasteiger partial charge on any atom is -0.336 e. The smallest absolute Gasteiger partial charge is 0.317 e. The third-order valence-corrected chi connectivity index (χ3v) is 5.84. The van der Waals surface area contributed by atoms with E-state index in [-0.39, 0.29) is 12.1 Å². The number of hydrogen-bond acceptors (Lipinski definition) is 4. The second kappa shape index (κ2) is 8.06. The summed E-state index contributed by atoms with van der Waals surface area (Å²) in [4.78, 5) is 16.6. The lowest BCUT2D eigenvalue weighted by atomic mass is 10.1. The van der Waals surface area contributed by atoms with Gasteiger partial charge in [-0.1, -0.05) is 13.8 Å². The first-order valence-corrected chi connectivity index (χ1v) is 9.22. The molecule has 0 unspecified atom stereocenters. The summed E-state index contributed by atoms with van der Waals surface area (Å²) in [5, 5.41) is 7.87. The molecule has 0 radical (unpaired) electrons. The van der Waals surface area contributed by atoms with Crippen LogP contribution >= 0.6 is 11.8 Å². The summed E-state index contributed by atoms with van der Waals surface area (Å²) in [7, 11) is 5.96. The van der Waals surface area contributed by atoms with Crippen molar-refractivity contribution in [3.05, 3.63) is 18.0 Å². The minimum absolute atomic E-state index is 0.0479. The lowest BCUT2D eigenvalue weighted by molar-refractivity contribution is 0.191. The summed E-state index contributed by atoms with van der Waals surface area (Å²) >= 11 is 1.98. The summed E-state index contributed by atoms with van der Waals surface area (Å²) in [6.07, 6.45) is 3.87. The Morgan fingerprint density at radius 3 is 2.83 bits per heavy atom. The number of thioether (sulfide) groups is 1. The largest absolute Gasteiger partial charge is 0.336 e. The second-order valence-electron chi connectivity index (χ2n) is 6.71. The third kappa shape index (κ3) is 4.88. The third-order valence-electron chi connectivity index (χ3n) is 4.30. The molecular formula is C16H29N5OS. The molecule has 2 atom stereocenters. The number of urea groups is 1. The van der Waals surface area contributed by atoms with E-state index in [4.69, 9.17) is 0 Å². The quantitative estimate of drug-likeness (QED) is 0.889. The molecule has 6 nitrogen and oxygen atoms in total. The van der Waals surface area contributed by atoms with Crippen molar-refractivity contribution in [2.24, 2.45) is 13.0 Å². The minimum atomic E-state index is 0.0479. The highest BCUT2D eigenvalue weighted by Gasteiger charge is 2.26. The van der Waals surface area contributed by atoms with Crippen molar-refractivity contribution in [3.63, 3.8) is 0 Å². The van der Waals surface area contributed by atoms with E-state index >= 15 is 0 Å². The maximum absolute atomic E-state index is 12.5. The van der Waals surface area contributed by atoms with Gasteiger partial charge in [-0.3, -0.25) is 4.68 Å². The van der Waals surface area contributed by atoms with Crippen molar-refractivity contribution in [2.75, 3.05) is 39.5 Å². The summed E-state index contributed by atoms with van der Waals surface area (Å²) in [5.74, 6) is 1.62. The van der Waals surface area contributed by atoms with Crippen molar-refractivity contribution in [1.82, 2.24) is 24.9 Å². The van der Waals surface area contributed by atoms with E-state index in [1.807, 2.05) is 50.2 Å². The van der Waals surface area contributed by atoms with Gasteiger partial charge < -0.3 is 15.1 Å². The van der Waals surface area contributed by atoms with Crippen LogP contribution in [0.2, 0.25) is 0 Å². The Labute approximate surface area is 143 Å². The van der Waals surface area contributed by atoms with Gasteiger partial charge in [-0.25, -0.2) is 4.79 Å². The summed E-state index contributed by atoms with van der Waals surface area (Å²) in [6.45, 7) is 6.72. The first-order valence-electron chi connectivity index (χ1n) is 8.17. The lowest BCUT2D eigenvalue weighted by Crippen LogP contribution is -2.49. The van der Waals surface area contributed by atoms with Crippen molar-refractivity contribution in [3.8, 4) is 0 Å². The summed E-state index contributed by atoms with van der Waals surface area (Å²) in [5.41, 5.74) is 1.12. The maximum Gasteiger partial charge on any atom is 0.317 e. The summed E-state index contributed by atoms with van der Waals surface area (Å²) < 4.78 is 1.79. The molecule has 1 aromatic heterocycles. The Bertz CT molecular complexity index is 516. The van der Waals surface area contributed by atoms with Gasteiger partial charge in [0.25, 0.3) is 0 Å². The molecule has 130 valence electrons. The number of carbonyl (C=O) groups excluding carboxylic acids is 1. The molecule has 0 saturated carbocycles. The van der Waals surface area contributed by atoms with Crippen molar-refractivity contribution in [1.29, 1.82) is 0 Å². The van der Waals surface area contributed by atoms with Crippen molar-refractivity contribution in [2.45, 2.75) is 25.1 Å². The molecule has 2 amide bonds. The van der Waals surface area contributed by atoms with Gasteiger partial charge >= 0.3 is 6.03 Å². The fourth-order valence-electron chi connectivity index (χ4n) is 2.77. The van der Waals surface area contributed by atoms with Crippen LogP contribution in [0.4, 0.5) is 4.79 Å². The van der Waals surface area contributed by atoms with Gasteiger partial charge in [-0.2, -0.15) is 16.9 Å². The van der Waals surface area contributed by atoms with Crippen molar-refractivity contribution < 1.29 is 4.79 Å². The number of nitrogens with zero attached hydrogens (tertiary/aromatic N) is 4. The molecule has 1 aliphatic rings. The molecule has 1 N–H and O–H groups in total. The number of hydrogen-bond donors (Lipinski definition) is 1. The zero-order chi connectivity index (χ0) is 17.0. The highest BCUT2D eigenvalue weighted by molar-refractivity contribution is 8.00. The molecule has 0 aliphatic carbocycles. The van der Waals surface area contributed by atoms with E-state index in [2.05, 4.69) is 29.2 Å². The molecule has 2 heterocycles. The molecule has 0 bridgehead atoms. The number of aryl methyl sites for hydroxylation is 1. The molecule has 1 fully saturated rings. The van der Waals surface area contributed by atoms with Crippen molar-refractivity contribution >= 4 is 17.8 Å². The van der Waals surface area contributed by atoms with E-state index in [1.165, 1.54) is 0 Å². The Kier molecular flexibility index (Phi) is 6.35. The molecule has 0 spiro atoms. The number of rotatable bonds is 5. The number of carbonyl (C=O) groups is 1. The molecule has 1 aromatic rings. The highest BCUT2D eigenvalue weighted by Crippen LogP contribution is 2.25. The van der Waals surface area contributed by atoms with Crippen LogP contribution in [0.1, 0.15) is 25.5 Å². The van der Waals surface area contributed by atoms with Gasteiger partial charge in [-0.15, -0.1) is 0 Å². The SMILES string of the molecule is CC(C)[C@@H]1CN(C(=O)NC[C@H](c2cnn(C)c2)N(C)C)CCS1. The molecule has 23 heavy (non-hydrogen) atoms. The van der Waals surface area contributed by atoms with Crippen LogP contribution in [-0.2, 0) is 7.05 Å². The van der Waals surface area contributed by atoms with E-state index in [1.54, 1.807) is 4.68 Å². The first-order chi connectivity index (χ1) is 10.9. The molecule has 1 saturated heterocycles. The zero-order valence-electron chi connectivity index (χ0n) is 14.8. The van der Waals surface area contributed by atoms with Gasteiger partial charge in [0, 0.05) is 49.4 Å². The van der Waals surface area contributed by atoms with Crippen LogP contribution in [0.5, 0.6) is 0 Å². The molecule has 0 aromatic carbocycles. The predicted octanol–water partition coefficient (Wildman–Crippen LogP) is 1.81. The van der Waals surface area contributed by atoms with Crippen LogP contribution in [0.3, 0.4) is 0 Å².